The fourth-order valence-corrected chi connectivity index (χ4v) is 3.34. The molecule has 0 aliphatic heterocycles. The van der Waals surface area contributed by atoms with E-state index >= 15 is 0 Å². The first-order valence-electron chi connectivity index (χ1n) is 6.08. The number of rotatable bonds is 8. The molecule has 120 valence electrons. The standard InChI is InChI=1S/C12H15N3O5S2/c1-8(16)13-21-7-10(12(17)18)14(2)22-11-6-4-3-5-9(11)15(19)20/h3-6,10H,7H2,1-2H3,(H,13,16)(H,17,18). The SMILES string of the molecule is CC(=O)NSCC(C(=O)O)N(C)Sc1ccccc1[N+](=O)[O-]. The number of carboxylic acids is 1. The summed E-state index contributed by atoms with van der Waals surface area (Å²) in [7, 11) is 1.54. The third kappa shape index (κ3) is 5.54. The van der Waals surface area contributed by atoms with E-state index in [0.29, 0.717) is 4.90 Å². The third-order valence-corrected chi connectivity index (χ3v) is 4.48. The smallest absolute Gasteiger partial charge is 0.322 e. The molecule has 0 heterocycles. The maximum absolute atomic E-state index is 11.3. The second kappa shape index (κ2) is 8.61. The highest BCUT2D eigenvalue weighted by Crippen LogP contribution is 2.32. The molecule has 1 unspecified atom stereocenters. The van der Waals surface area contributed by atoms with Crippen molar-refractivity contribution >= 4 is 41.5 Å². The molecule has 0 spiro atoms. The van der Waals surface area contributed by atoms with Crippen molar-refractivity contribution in [3.63, 3.8) is 0 Å². The average molecular weight is 345 g/mol. The van der Waals surface area contributed by atoms with Crippen molar-refractivity contribution in [2.24, 2.45) is 0 Å². The van der Waals surface area contributed by atoms with Crippen LogP contribution in [0, 0.1) is 10.1 Å². The third-order valence-electron chi connectivity index (χ3n) is 2.49. The van der Waals surface area contributed by atoms with E-state index in [1.54, 1.807) is 18.2 Å². The number of carbonyl (C=O) groups is 2. The van der Waals surface area contributed by atoms with Gasteiger partial charge in [-0.25, -0.2) is 4.31 Å². The molecule has 0 aliphatic rings. The van der Waals surface area contributed by atoms with Crippen LogP contribution in [-0.4, -0.2) is 45.1 Å². The summed E-state index contributed by atoms with van der Waals surface area (Å²) in [5.41, 5.74) is -0.0852. The van der Waals surface area contributed by atoms with Gasteiger partial charge < -0.3 is 9.83 Å². The molecule has 22 heavy (non-hydrogen) atoms. The molecule has 0 saturated heterocycles. The van der Waals surface area contributed by atoms with E-state index < -0.39 is 16.9 Å². The van der Waals surface area contributed by atoms with Crippen molar-refractivity contribution in [2.75, 3.05) is 12.8 Å². The zero-order valence-electron chi connectivity index (χ0n) is 11.9. The Morgan fingerprint density at radius 2 is 2.09 bits per heavy atom. The topological polar surface area (TPSA) is 113 Å². The summed E-state index contributed by atoms with van der Waals surface area (Å²) in [6.45, 7) is 1.33. The summed E-state index contributed by atoms with van der Waals surface area (Å²) in [6.07, 6.45) is 0. The monoisotopic (exact) mass is 345 g/mol. The van der Waals surface area contributed by atoms with Gasteiger partial charge in [0.05, 0.1) is 4.92 Å². The number of nitro groups is 1. The summed E-state index contributed by atoms with van der Waals surface area (Å²) in [5.74, 6) is -1.24. The van der Waals surface area contributed by atoms with E-state index in [9.17, 15) is 24.8 Å². The first kappa shape index (κ1) is 18.3. The van der Waals surface area contributed by atoms with Crippen molar-refractivity contribution < 1.29 is 19.6 Å². The number of nitrogens with one attached hydrogen (secondary N) is 1. The number of hydrogen-bond donors (Lipinski definition) is 2. The molecule has 2 N–H and O–H groups in total. The summed E-state index contributed by atoms with van der Waals surface area (Å²) in [6, 6.07) is 5.19. The van der Waals surface area contributed by atoms with Crippen LogP contribution in [-0.2, 0) is 9.59 Å². The van der Waals surface area contributed by atoms with Crippen LogP contribution in [0.3, 0.4) is 0 Å². The summed E-state index contributed by atoms with van der Waals surface area (Å²) in [5, 5.41) is 20.2. The molecule has 0 aliphatic carbocycles. The van der Waals surface area contributed by atoms with Gasteiger partial charge in [0.25, 0.3) is 5.69 Å². The van der Waals surface area contributed by atoms with Crippen LogP contribution >= 0.6 is 23.9 Å². The number of hydrogen-bond acceptors (Lipinski definition) is 7. The Morgan fingerprint density at radius 3 is 2.64 bits per heavy atom. The van der Waals surface area contributed by atoms with Crippen LogP contribution in [0.4, 0.5) is 5.69 Å². The highest BCUT2D eigenvalue weighted by Gasteiger charge is 2.26. The number of nitrogens with zero attached hydrogens (tertiary/aromatic N) is 2. The molecule has 1 atom stereocenters. The van der Waals surface area contributed by atoms with E-state index in [0.717, 1.165) is 23.9 Å². The van der Waals surface area contributed by atoms with Gasteiger partial charge in [0, 0.05) is 18.7 Å². The first-order valence-corrected chi connectivity index (χ1v) is 7.84. The fraction of sp³-hybridized carbons (Fsp3) is 0.333. The first-order chi connectivity index (χ1) is 10.3. The molecule has 0 fully saturated rings. The Bertz CT molecular complexity index is 569. The minimum absolute atomic E-state index is 0.0852. The van der Waals surface area contributed by atoms with Gasteiger partial charge >= 0.3 is 5.97 Å². The number of aliphatic carboxylic acids is 1. The minimum Gasteiger partial charge on any atom is -0.480 e. The van der Waals surface area contributed by atoms with E-state index in [1.165, 1.54) is 24.3 Å². The van der Waals surface area contributed by atoms with Crippen molar-refractivity contribution in [1.29, 1.82) is 0 Å². The van der Waals surface area contributed by atoms with Crippen LogP contribution in [0.15, 0.2) is 29.2 Å². The van der Waals surface area contributed by atoms with Crippen molar-refractivity contribution in [3.8, 4) is 0 Å². The second-order valence-electron chi connectivity index (χ2n) is 4.19. The fourth-order valence-electron chi connectivity index (χ4n) is 1.46. The predicted molar refractivity (Wildman–Crippen MR) is 84.4 cm³/mol. The van der Waals surface area contributed by atoms with Crippen LogP contribution in [0.2, 0.25) is 0 Å². The summed E-state index contributed by atoms with van der Waals surface area (Å²) < 4.78 is 3.87. The Kier molecular flexibility index (Phi) is 7.15. The zero-order valence-corrected chi connectivity index (χ0v) is 13.5. The average Bonchev–Trinajstić information content (AvgIpc) is 2.43. The number of amides is 1. The van der Waals surface area contributed by atoms with Gasteiger partial charge in [0.15, 0.2) is 0 Å². The maximum atomic E-state index is 11.3. The van der Waals surface area contributed by atoms with Gasteiger partial charge in [0.1, 0.15) is 10.9 Å². The zero-order chi connectivity index (χ0) is 16.7. The molecular formula is C12H15N3O5S2. The summed E-state index contributed by atoms with van der Waals surface area (Å²) in [4.78, 5) is 32.9. The highest BCUT2D eigenvalue weighted by molar-refractivity contribution is 7.98. The van der Waals surface area contributed by atoms with Crippen LogP contribution in [0.5, 0.6) is 0 Å². The molecule has 0 bridgehead atoms. The number of carbonyl (C=O) groups excluding carboxylic acids is 1. The van der Waals surface area contributed by atoms with Crippen molar-refractivity contribution in [1.82, 2.24) is 9.03 Å². The van der Waals surface area contributed by atoms with Gasteiger partial charge in [-0.05, 0) is 37.0 Å². The van der Waals surface area contributed by atoms with Gasteiger partial charge in [-0.15, -0.1) is 0 Å². The lowest BCUT2D eigenvalue weighted by Gasteiger charge is -2.22. The molecule has 0 saturated carbocycles. The Hall–Kier alpha value is -1.78. The Labute approximate surface area is 135 Å². The molecule has 0 aromatic heterocycles. The Balaban J connectivity index is 2.79. The van der Waals surface area contributed by atoms with Gasteiger partial charge in [-0.3, -0.25) is 19.7 Å². The van der Waals surface area contributed by atoms with Crippen LogP contribution in [0.25, 0.3) is 0 Å². The van der Waals surface area contributed by atoms with E-state index in [-0.39, 0.29) is 17.3 Å². The molecule has 0 radical (unpaired) electrons. The molecular weight excluding hydrogens is 330 g/mol. The number of para-hydroxylation sites is 1. The van der Waals surface area contributed by atoms with Crippen LogP contribution < -0.4 is 4.72 Å². The molecule has 1 aromatic carbocycles. The van der Waals surface area contributed by atoms with E-state index in [4.69, 9.17) is 0 Å². The molecule has 8 nitrogen and oxygen atoms in total. The highest BCUT2D eigenvalue weighted by atomic mass is 32.2. The number of likely N-dealkylation sites (N-methyl/N-ethyl adjacent to an activating group) is 1. The molecule has 1 rings (SSSR count). The largest absolute Gasteiger partial charge is 0.480 e. The van der Waals surface area contributed by atoms with Gasteiger partial charge in [0.2, 0.25) is 5.91 Å². The molecule has 1 aromatic rings. The van der Waals surface area contributed by atoms with Crippen LogP contribution in [0.1, 0.15) is 6.92 Å². The predicted octanol–water partition coefficient (Wildman–Crippen LogP) is 1.77. The maximum Gasteiger partial charge on any atom is 0.322 e. The van der Waals surface area contributed by atoms with Crippen molar-refractivity contribution in [2.45, 2.75) is 17.9 Å². The number of nitro benzene ring substituents is 1. The lowest BCUT2D eigenvalue weighted by atomic mass is 10.3. The van der Waals surface area contributed by atoms with E-state index in [1.807, 2.05) is 0 Å². The van der Waals surface area contributed by atoms with Gasteiger partial charge in [-0.1, -0.05) is 12.1 Å². The lowest BCUT2D eigenvalue weighted by Crippen LogP contribution is -2.37. The van der Waals surface area contributed by atoms with Gasteiger partial charge in [-0.2, -0.15) is 0 Å². The number of benzene rings is 1. The molecule has 10 heteroatoms. The quantitative estimate of drug-likeness (QED) is 0.416. The normalized spacial score (nSPS) is 12.0. The lowest BCUT2D eigenvalue weighted by molar-refractivity contribution is -0.387. The number of carboxylic acid groups (broad SMARTS) is 1. The second-order valence-corrected chi connectivity index (χ2v) is 6.21. The summed E-state index contributed by atoms with van der Waals surface area (Å²) >= 11 is 1.96. The van der Waals surface area contributed by atoms with Crippen molar-refractivity contribution in [3.05, 3.63) is 34.4 Å². The molecule has 1 amide bonds. The van der Waals surface area contributed by atoms with E-state index in [2.05, 4.69) is 4.72 Å². The Morgan fingerprint density at radius 1 is 1.45 bits per heavy atom. The minimum atomic E-state index is -1.08.